The molecule has 4 nitrogen and oxygen atoms in total. The minimum Gasteiger partial charge on any atom is -0.496 e. The SMILES string of the molecule is COc1cc(N(C)CCCCO)c(OC)c(C)c1C. The standard InChI is InChI=1S/C15H25NO3/c1-11-12(2)15(19-5)13(10-14(11)18-4)16(3)8-6-7-9-17/h10,17H,6-9H2,1-5H3. The highest BCUT2D eigenvalue weighted by atomic mass is 16.5. The monoisotopic (exact) mass is 267 g/mol. The molecule has 0 bridgehead atoms. The number of aliphatic hydroxyl groups excluding tert-OH is 1. The molecule has 1 aromatic carbocycles. The third-order valence-corrected chi connectivity index (χ3v) is 3.51. The third-order valence-electron chi connectivity index (χ3n) is 3.51. The summed E-state index contributed by atoms with van der Waals surface area (Å²) < 4.78 is 11.0. The first kappa shape index (κ1) is 15.6. The van der Waals surface area contributed by atoms with Crippen LogP contribution in [0.5, 0.6) is 11.5 Å². The average Bonchev–Trinajstić information content (AvgIpc) is 2.41. The number of anilines is 1. The minimum atomic E-state index is 0.237. The van der Waals surface area contributed by atoms with Gasteiger partial charge in [-0.05, 0) is 37.8 Å². The Morgan fingerprint density at radius 3 is 2.32 bits per heavy atom. The van der Waals surface area contributed by atoms with Gasteiger partial charge < -0.3 is 19.5 Å². The van der Waals surface area contributed by atoms with Crippen LogP contribution < -0.4 is 14.4 Å². The van der Waals surface area contributed by atoms with E-state index in [0.717, 1.165) is 47.7 Å². The van der Waals surface area contributed by atoms with Crippen molar-refractivity contribution in [1.29, 1.82) is 0 Å². The van der Waals surface area contributed by atoms with Crippen molar-refractivity contribution in [2.24, 2.45) is 0 Å². The number of hydrogen-bond acceptors (Lipinski definition) is 4. The fourth-order valence-electron chi connectivity index (χ4n) is 2.18. The lowest BCUT2D eigenvalue weighted by Gasteiger charge is -2.25. The molecule has 1 N–H and O–H groups in total. The van der Waals surface area contributed by atoms with Crippen molar-refractivity contribution in [2.45, 2.75) is 26.7 Å². The van der Waals surface area contributed by atoms with Crippen LogP contribution in [0, 0.1) is 13.8 Å². The number of aliphatic hydroxyl groups is 1. The second-order valence-electron chi connectivity index (χ2n) is 4.73. The molecular formula is C15H25NO3. The van der Waals surface area contributed by atoms with Gasteiger partial charge in [0.05, 0.1) is 19.9 Å². The van der Waals surface area contributed by atoms with E-state index in [1.807, 2.05) is 27.0 Å². The molecule has 4 heteroatoms. The lowest BCUT2D eigenvalue weighted by molar-refractivity contribution is 0.285. The summed E-state index contributed by atoms with van der Waals surface area (Å²) in [7, 11) is 5.41. The highest BCUT2D eigenvalue weighted by Crippen LogP contribution is 2.38. The number of rotatable bonds is 7. The molecule has 1 aromatic rings. The number of hydrogen-bond donors (Lipinski definition) is 1. The van der Waals surface area contributed by atoms with E-state index in [2.05, 4.69) is 4.90 Å². The van der Waals surface area contributed by atoms with Crippen molar-refractivity contribution < 1.29 is 14.6 Å². The summed E-state index contributed by atoms with van der Waals surface area (Å²) in [4.78, 5) is 2.14. The fourth-order valence-corrected chi connectivity index (χ4v) is 2.18. The Labute approximate surface area is 115 Å². The summed E-state index contributed by atoms with van der Waals surface area (Å²) in [6, 6.07) is 2.01. The van der Waals surface area contributed by atoms with Crippen molar-refractivity contribution in [2.75, 3.05) is 39.3 Å². The van der Waals surface area contributed by atoms with E-state index >= 15 is 0 Å². The van der Waals surface area contributed by atoms with Gasteiger partial charge in [0, 0.05) is 26.3 Å². The second-order valence-corrected chi connectivity index (χ2v) is 4.73. The largest absolute Gasteiger partial charge is 0.496 e. The summed E-state index contributed by atoms with van der Waals surface area (Å²) in [6.07, 6.45) is 1.76. The van der Waals surface area contributed by atoms with Crippen LogP contribution in [0.25, 0.3) is 0 Å². The van der Waals surface area contributed by atoms with E-state index in [1.54, 1.807) is 14.2 Å². The highest BCUT2D eigenvalue weighted by molar-refractivity contribution is 5.67. The quantitative estimate of drug-likeness (QED) is 0.771. The van der Waals surface area contributed by atoms with Crippen molar-refractivity contribution in [3.8, 4) is 11.5 Å². The summed E-state index contributed by atoms with van der Waals surface area (Å²) in [5.41, 5.74) is 3.23. The molecule has 0 heterocycles. The number of ether oxygens (including phenoxy) is 2. The molecule has 0 aromatic heterocycles. The predicted octanol–water partition coefficient (Wildman–Crippen LogP) is 2.53. The van der Waals surface area contributed by atoms with Gasteiger partial charge in [0.2, 0.25) is 0 Å². The maximum Gasteiger partial charge on any atom is 0.145 e. The molecule has 0 saturated carbocycles. The highest BCUT2D eigenvalue weighted by Gasteiger charge is 2.16. The Balaban J connectivity index is 3.07. The lowest BCUT2D eigenvalue weighted by Crippen LogP contribution is -2.20. The Morgan fingerprint density at radius 1 is 1.11 bits per heavy atom. The predicted molar refractivity (Wildman–Crippen MR) is 78.6 cm³/mol. The Morgan fingerprint density at radius 2 is 1.79 bits per heavy atom. The second kappa shape index (κ2) is 7.24. The van der Waals surface area contributed by atoms with Gasteiger partial charge in [0.1, 0.15) is 11.5 Å². The number of unbranched alkanes of at least 4 members (excludes halogenated alkanes) is 1. The molecule has 0 saturated heterocycles. The van der Waals surface area contributed by atoms with E-state index in [4.69, 9.17) is 14.6 Å². The van der Waals surface area contributed by atoms with Crippen LogP contribution in [0.1, 0.15) is 24.0 Å². The molecule has 0 aliphatic heterocycles. The van der Waals surface area contributed by atoms with Gasteiger partial charge >= 0.3 is 0 Å². The van der Waals surface area contributed by atoms with Crippen molar-refractivity contribution in [3.05, 3.63) is 17.2 Å². The van der Waals surface area contributed by atoms with Gasteiger partial charge in [0.15, 0.2) is 0 Å². The number of nitrogens with zero attached hydrogens (tertiary/aromatic N) is 1. The lowest BCUT2D eigenvalue weighted by atomic mass is 10.1. The van der Waals surface area contributed by atoms with Gasteiger partial charge in [-0.3, -0.25) is 0 Å². The Hall–Kier alpha value is -1.42. The molecule has 0 spiro atoms. The molecule has 0 atom stereocenters. The van der Waals surface area contributed by atoms with Crippen LogP contribution in [0.3, 0.4) is 0 Å². The maximum absolute atomic E-state index is 8.85. The summed E-state index contributed by atoms with van der Waals surface area (Å²) in [5.74, 6) is 1.77. The Bertz CT molecular complexity index is 418. The Kier molecular flexibility index (Phi) is 5.96. The summed E-state index contributed by atoms with van der Waals surface area (Å²) >= 11 is 0. The fraction of sp³-hybridized carbons (Fsp3) is 0.600. The molecule has 0 radical (unpaired) electrons. The molecule has 1 rings (SSSR count). The molecule has 108 valence electrons. The molecule has 0 amide bonds. The number of benzene rings is 1. The molecule has 0 unspecified atom stereocenters. The van der Waals surface area contributed by atoms with Gasteiger partial charge in [-0.25, -0.2) is 0 Å². The molecule has 19 heavy (non-hydrogen) atoms. The summed E-state index contributed by atoms with van der Waals surface area (Å²) in [5, 5.41) is 8.85. The smallest absolute Gasteiger partial charge is 0.145 e. The minimum absolute atomic E-state index is 0.237. The third kappa shape index (κ3) is 3.53. The molecule has 0 fully saturated rings. The van der Waals surface area contributed by atoms with Gasteiger partial charge in [0.25, 0.3) is 0 Å². The van der Waals surface area contributed by atoms with Crippen molar-refractivity contribution >= 4 is 5.69 Å². The van der Waals surface area contributed by atoms with Crippen LogP contribution in [-0.2, 0) is 0 Å². The van der Waals surface area contributed by atoms with Crippen LogP contribution in [-0.4, -0.2) is 39.5 Å². The van der Waals surface area contributed by atoms with Gasteiger partial charge in [-0.15, -0.1) is 0 Å². The first-order chi connectivity index (χ1) is 9.06. The molecule has 0 aliphatic rings. The van der Waals surface area contributed by atoms with Gasteiger partial charge in [-0.1, -0.05) is 0 Å². The average molecular weight is 267 g/mol. The topological polar surface area (TPSA) is 41.9 Å². The maximum atomic E-state index is 8.85. The first-order valence-corrected chi connectivity index (χ1v) is 6.61. The molecular weight excluding hydrogens is 242 g/mol. The van der Waals surface area contributed by atoms with Crippen LogP contribution in [0.15, 0.2) is 6.07 Å². The van der Waals surface area contributed by atoms with E-state index in [9.17, 15) is 0 Å². The van der Waals surface area contributed by atoms with Crippen molar-refractivity contribution in [3.63, 3.8) is 0 Å². The summed E-state index contributed by atoms with van der Waals surface area (Å²) in [6.45, 7) is 5.19. The van der Waals surface area contributed by atoms with Crippen LogP contribution >= 0.6 is 0 Å². The van der Waals surface area contributed by atoms with Gasteiger partial charge in [-0.2, -0.15) is 0 Å². The zero-order chi connectivity index (χ0) is 14.4. The van der Waals surface area contributed by atoms with Crippen molar-refractivity contribution in [1.82, 2.24) is 0 Å². The van der Waals surface area contributed by atoms with E-state index in [1.165, 1.54) is 0 Å². The van der Waals surface area contributed by atoms with E-state index in [0.29, 0.717) is 0 Å². The normalized spacial score (nSPS) is 10.4. The number of methoxy groups -OCH3 is 2. The zero-order valence-electron chi connectivity index (χ0n) is 12.6. The van der Waals surface area contributed by atoms with E-state index < -0.39 is 0 Å². The van der Waals surface area contributed by atoms with E-state index in [-0.39, 0.29) is 6.61 Å². The zero-order valence-corrected chi connectivity index (χ0v) is 12.6. The first-order valence-electron chi connectivity index (χ1n) is 6.61. The van der Waals surface area contributed by atoms with Crippen LogP contribution in [0.4, 0.5) is 5.69 Å². The molecule has 0 aliphatic carbocycles. The van der Waals surface area contributed by atoms with Crippen LogP contribution in [0.2, 0.25) is 0 Å².